The second kappa shape index (κ2) is 14.0. The molecule has 8 rings (SSSR count). The van der Waals surface area contributed by atoms with Gasteiger partial charge in [-0.05, 0) is 98.0 Å². The number of nitrogens with zero attached hydrogens (tertiary/aromatic N) is 6. The van der Waals surface area contributed by atoms with Crippen LogP contribution in [0.25, 0.3) is 27.8 Å². The van der Waals surface area contributed by atoms with E-state index < -0.39 is 34.8 Å². The second-order valence-corrected chi connectivity index (χ2v) is 15.0. The van der Waals surface area contributed by atoms with E-state index in [1.807, 2.05) is 13.0 Å². The van der Waals surface area contributed by atoms with E-state index >= 15 is 0 Å². The van der Waals surface area contributed by atoms with Gasteiger partial charge in [-0.3, -0.25) is 4.79 Å². The molecule has 1 aliphatic heterocycles. The van der Waals surface area contributed by atoms with Crippen LogP contribution in [0.4, 0.5) is 19.1 Å². The van der Waals surface area contributed by atoms with Crippen molar-refractivity contribution in [2.45, 2.75) is 63.3 Å². The molecule has 4 atom stereocenters. The zero-order valence-electron chi connectivity index (χ0n) is 30.0. The average molecular weight is 750 g/mol. The van der Waals surface area contributed by atoms with Gasteiger partial charge in [-0.15, -0.1) is 0 Å². The largest absolute Gasteiger partial charge is 0.490 e. The van der Waals surface area contributed by atoms with Crippen LogP contribution in [0.3, 0.4) is 0 Å². The third-order valence-electron chi connectivity index (χ3n) is 11.4. The van der Waals surface area contributed by atoms with E-state index in [0.717, 1.165) is 25.3 Å². The number of halogens is 3. The molecule has 1 saturated heterocycles. The number of piperidine rings is 1. The number of benzene rings is 2. The van der Waals surface area contributed by atoms with Gasteiger partial charge in [0.1, 0.15) is 17.4 Å². The summed E-state index contributed by atoms with van der Waals surface area (Å²) in [6.45, 7) is 3.45. The first-order valence-electron chi connectivity index (χ1n) is 18.4. The zero-order valence-corrected chi connectivity index (χ0v) is 30.0. The third-order valence-corrected chi connectivity index (χ3v) is 11.4. The van der Waals surface area contributed by atoms with E-state index in [2.05, 4.69) is 31.2 Å². The fourth-order valence-corrected chi connectivity index (χ4v) is 8.90. The number of aromatic nitrogens is 4. The van der Waals surface area contributed by atoms with Crippen molar-refractivity contribution in [3.05, 3.63) is 96.1 Å². The Kier molecular flexibility index (Phi) is 9.19. The summed E-state index contributed by atoms with van der Waals surface area (Å²) < 4.78 is 52.6. The van der Waals surface area contributed by atoms with E-state index in [0.29, 0.717) is 65.3 Å². The number of hydrogen-bond acceptors (Lipinski definition) is 8. The number of alkyl halides is 3. The van der Waals surface area contributed by atoms with E-state index in [1.165, 1.54) is 6.07 Å². The second-order valence-electron chi connectivity index (χ2n) is 15.0. The van der Waals surface area contributed by atoms with E-state index in [9.17, 15) is 33.1 Å². The van der Waals surface area contributed by atoms with Gasteiger partial charge in [-0.2, -0.15) is 18.4 Å². The summed E-state index contributed by atoms with van der Waals surface area (Å²) >= 11 is 0. The number of carbonyl (C=O) groups excluding carboxylic acids is 1. The molecule has 2 aromatic carbocycles. The summed E-state index contributed by atoms with van der Waals surface area (Å²) in [4.78, 5) is 41.2. The number of carbonyl (C=O) groups is 2. The number of carboxylic acid groups (broad SMARTS) is 1. The molecule has 0 radical (unpaired) electrons. The number of hydrogen-bond donors (Lipinski definition) is 2. The Morgan fingerprint density at radius 1 is 1.02 bits per heavy atom. The quantitative estimate of drug-likeness (QED) is 0.165. The standard InChI is InChI=1S/C41H38F3N7O4/c1-24-17-26-19-27(18-24)40(21-26,38(53)54)49-37(52)32-9-10-34(48-36(32)41(42,43)44)33-23-51(28-5-3-25(22-45)4-6-28)35-20-30(7-8-31(33)35)55-29-11-15-50(16-12-29)39-46-13-2-14-47-39/h2-10,13-14,20,23-24,26-27,29H,11-12,15-19,21H2,1H3,(H,49,52)(H,53,54). The number of anilines is 1. The van der Waals surface area contributed by atoms with Crippen LogP contribution >= 0.6 is 0 Å². The Bertz CT molecular complexity index is 2300. The van der Waals surface area contributed by atoms with Gasteiger partial charge in [0.15, 0.2) is 5.69 Å². The summed E-state index contributed by atoms with van der Waals surface area (Å²) in [5, 5.41) is 22.8. The highest BCUT2D eigenvalue weighted by molar-refractivity contribution is 6.01. The van der Waals surface area contributed by atoms with Crippen molar-refractivity contribution >= 4 is 28.7 Å². The van der Waals surface area contributed by atoms with Crippen molar-refractivity contribution in [3.63, 3.8) is 0 Å². The van der Waals surface area contributed by atoms with E-state index in [-0.39, 0.29) is 36.0 Å². The van der Waals surface area contributed by atoms with Crippen molar-refractivity contribution in [1.82, 2.24) is 24.8 Å². The minimum Gasteiger partial charge on any atom is -0.490 e. The van der Waals surface area contributed by atoms with Crippen LogP contribution in [0, 0.1) is 29.1 Å². The van der Waals surface area contributed by atoms with Gasteiger partial charge >= 0.3 is 12.1 Å². The predicted molar refractivity (Wildman–Crippen MR) is 197 cm³/mol. The van der Waals surface area contributed by atoms with Crippen LogP contribution < -0.4 is 15.0 Å². The Morgan fingerprint density at radius 2 is 1.76 bits per heavy atom. The van der Waals surface area contributed by atoms with Crippen molar-refractivity contribution in [1.29, 1.82) is 5.26 Å². The van der Waals surface area contributed by atoms with Gasteiger partial charge in [0.05, 0.1) is 28.4 Å². The predicted octanol–water partition coefficient (Wildman–Crippen LogP) is 7.43. The molecular formula is C41H38F3N7O4. The van der Waals surface area contributed by atoms with Gasteiger partial charge in [0, 0.05) is 67.2 Å². The van der Waals surface area contributed by atoms with E-state index in [1.54, 1.807) is 65.6 Å². The fraction of sp³-hybridized carbons (Fsp3) is 0.366. The first-order valence-corrected chi connectivity index (χ1v) is 18.4. The lowest BCUT2D eigenvalue weighted by Crippen LogP contribution is -2.57. The molecule has 2 bridgehead atoms. The Balaban J connectivity index is 1.13. The highest BCUT2D eigenvalue weighted by atomic mass is 19.4. The molecule has 3 aromatic heterocycles. The molecule has 282 valence electrons. The number of fused-ring (bicyclic) bond motifs is 3. The summed E-state index contributed by atoms with van der Waals surface area (Å²) in [5.41, 5.74) is -1.69. The summed E-state index contributed by atoms with van der Waals surface area (Å²) in [6.07, 6.45) is 3.63. The molecular weight excluding hydrogens is 711 g/mol. The number of ether oxygens (including phenoxy) is 1. The SMILES string of the molecule is CC1CC2CC(C1)C(NC(=O)c1ccc(-c3cn(-c4ccc(C#N)cc4)c4cc(OC5CCN(c6ncccn6)CC5)ccc34)nc1C(F)(F)F)(C(=O)O)C2. The molecule has 0 spiro atoms. The maximum atomic E-state index is 14.8. The van der Waals surface area contributed by atoms with Crippen LogP contribution in [0.15, 0.2) is 79.3 Å². The first kappa shape index (κ1) is 36.0. The van der Waals surface area contributed by atoms with Crippen molar-refractivity contribution in [2.24, 2.45) is 17.8 Å². The lowest BCUT2D eigenvalue weighted by Gasteiger charge is -2.33. The van der Waals surface area contributed by atoms with Crippen molar-refractivity contribution in [2.75, 3.05) is 18.0 Å². The minimum atomic E-state index is -5.02. The summed E-state index contributed by atoms with van der Waals surface area (Å²) in [5.74, 6) is -1.13. The van der Waals surface area contributed by atoms with Gasteiger partial charge in [-0.1, -0.05) is 6.92 Å². The maximum Gasteiger partial charge on any atom is 0.434 e. The Morgan fingerprint density at radius 3 is 2.45 bits per heavy atom. The molecule has 4 heterocycles. The Labute approximate surface area is 314 Å². The lowest BCUT2D eigenvalue weighted by atomic mass is 9.78. The van der Waals surface area contributed by atoms with Crippen LogP contribution in [0.2, 0.25) is 0 Å². The number of rotatable bonds is 8. The molecule has 1 amide bonds. The number of aliphatic carboxylic acids is 1. The molecule has 14 heteroatoms. The average Bonchev–Trinajstić information content (AvgIpc) is 3.68. The highest BCUT2D eigenvalue weighted by Crippen LogP contribution is 2.51. The van der Waals surface area contributed by atoms with Crippen LogP contribution in [-0.4, -0.2) is 61.2 Å². The summed E-state index contributed by atoms with van der Waals surface area (Å²) in [7, 11) is 0. The van der Waals surface area contributed by atoms with Crippen molar-refractivity contribution < 1.29 is 32.6 Å². The molecule has 2 saturated carbocycles. The van der Waals surface area contributed by atoms with Gasteiger partial charge in [0.2, 0.25) is 5.95 Å². The van der Waals surface area contributed by atoms with Gasteiger partial charge in [-0.25, -0.2) is 19.7 Å². The molecule has 55 heavy (non-hydrogen) atoms. The molecule has 4 unspecified atom stereocenters. The molecule has 5 aromatic rings. The molecule has 3 fully saturated rings. The maximum absolute atomic E-state index is 14.8. The van der Waals surface area contributed by atoms with Crippen LogP contribution in [0.1, 0.15) is 67.1 Å². The molecule has 2 aliphatic carbocycles. The molecule has 2 N–H and O–H groups in total. The monoisotopic (exact) mass is 749 g/mol. The first-order chi connectivity index (χ1) is 26.4. The van der Waals surface area contributed by atoms with E-state index in [4.69, 9.17) is 4.74 Å². The number of amides is 1. The normalized spacial score (nSPS) is 22.7. The smallest absolute Gasteiger partial charge is 0.434 e. The molecule has 11 nitrogen and oxygen atoms in total. The fourth-order valence-electron chi connectivity index (χ4n) is 8.90. The van der Waals surface area contributed by atoms with Gasteiger partial charge < -0.3 is 24.6 Å². The Hall–Kier alpha value is -5.97. The minimum absolute atomic E-state index is 0.0241. The zero-order chi connectivity index (χ0) is 38.5. The van der Waals surface area contributed by atoms with Crippen LogP contribution in [-0.2, 0) is 11.0 Å². The molecule has 3 aliphatic rings. The number of carboxylic acids is 1. The summed E-state index contributed by atoms with van der Waals surface area (Å²) in [6, 6.07) is 18.5. The number of nitriles is 1. The topological polar surface area (TPSA) is 146 Å². The highest BCUT2D eigenvalue weighted by Gasteiger charge is 2.56. The number of pyridine rings is 1. The third kappa shape index (κ3) is 6.83. The van der Waals surface area contributed by atoms with Crippen molar-refractivity contribution in [3.8, 4) is 28.8 Å². The van der Waals surface area contributed by atoms with Crippen LogP contribution in [0.5, 0.6) is 5.75 Å². The lowest BCUT2D eigenvalue weighted by molar-refractivity contribution is -0.146. The van der Waals surface area contributed by atoms with Gasteiger partial charge in [0.25, 0.3) is 5.91 Å². The number of nitrogens with one attached hydrogen (secondary N) is 1.